The first-order valence-corrected chi connectivity index (χ1v) is 12.4. The summed E-state index contributed by atoms with van der Waals surface area (Å²) >= 11 is 0. The zero-order valence-corrected chi connectivity index (χ0v) is 21.6. The molecule has 1 saturated heterocycles. The van der Waals surface area contributed by atoms with Crippen LogP contribution < -0.4 is 4.74 Å². The van der Waals surface area contributed by atoms with E-state index in [1.165, 1.54) is 23.0 Å². The molecule has 1 unspecified atom stereocenters. The van der Waals surface area contributed by atoms with Gasteiger partial charge in [-0.15, -0.1) is 0 Å². The van der Waals surface area contributed by atoms with Crippen LogP contribution in [-0.2, 0) is 4.74 Å². The summed E-state index contributed by atoms with van der Waals surface area (Å²) in [4.78, 5) is 18.3. The number of aromatic nitrogens is 3. The van der Waals surface area contributed by atoms with Crippen molar-refractivity contribution in [1.82, 2.24) is 19.7 Å². The number of hydrogen-bond donors (Lipinski definition) is 0. The van der Waals surface area contributed by atoms with Crippen LogP contribution in [0.5, 0.6) is 11.5 Å². The van der Waals surface area contributed by atoms with Crippen LogP contribution in [0.1, 0.15) is 45.2 Å². The fourth-order valence-electron chi connectivity index (χ4n) is 4.61. The number of hydrogen-bond acceptors (Lipinski definition) is 5. The molecule has 2 aromatic heterocycles. The zero-order chi connectivity index (χ0) is 27.9. The lowest BCUT2D eigenvalue weighted by Crippen LogP contribution is -2.42. The standard InChI is InChI=1S/C28H26F4N4O3/c1-28(2,3)39-27(37)35-10-4-5-16(15-35)26-24-21(31)13-33-14-22(24)36(34-26)18-6-8-19(9-7-18)38-23-12-17(29)11-20(30)25(23)32/h6-9,11-14,16H,4-5,10,15H2,1-3H3. The van der Waals surface area contributed by atoms with E-state index in [1.54, 1.807) is 37.8 Å². The van der Waals surface area contributed by atoms with Crippen molar-refractivity contribution in [2.75, 3.05) is 13.1 Å². The third-order valence-corrected chi connectivity index (χ3v) is 6.30. The van der Waals surface area contributed by atoms with Crippen LogP contribution >= 0.6 is 0 Å². The van der Waals surface area contributed by atoms with Gasteiger partial charge in [-0.3, -0.25) is 4.98 Å². The highest BCUT2D eigenvalue weighted by molar-refractivity contribution is 5.84. The molecule has 4 aromatic rings. The highest BCUT2D eigenvalue weighted by Crippen LogP contribution is 2.35. The molecule has 0 saturated carbocycles. The van der Waals surface area contributed by atoms with Crippen molar-refractivity contribution >= 4 is 17.0 Å². The molecule has 2 aromatic carbocycles. The van der Waals surface area contributed by atoms with Gasteiger partial charge in [-0.1, -0.05) is 0 Å². The van der Waals surface area contributed by atoms with E-state index >= 15 is 4.39 Å². The average Bonchev–Trinajstić information content (AvgIpc) is 3.28. The topological polar surface area (TPSA) is 69.5 Å². The van der Waals surface area contributed by atoms with Gasteiger partial charge in [0, 0.05) is 31.1 Å². The smallest absolute Gasteiger partial charge is 0.410 e. The van der Waals surface area contributed by atoms with E-state index in [2.05, 4.69) is 4.98 Å². The SMILES string of the molecule is CC(C)(C)OC(=O)N1CCCC(c2nn(-c3ccc(Oc4cc(F)cc(F)c4F)cc3)c3cncc(F)c23)C1. The van der Waals surface area contributed by atoms with E-state index < -0.39 is 40.7 Å². The van der Waals surface area contributed by atoms with Crippen molar-refractivity contribution in [3.63, 3.8) is 0 Å². The van der Waals surface area contributed by atoms with E-state index in [-0.39, 0.29) is 11.7 Å². The summed E-state index contributed by atoms with van der Waals surface area (Å²) < 4.78 is 68.5. The Morgan fingerprint density at radius 1 is 1.03 bits per heavy atom. The lowest BCUT2D eigenvalue weighted by molar-refractivity contribution is 0.0197. The average molecular weight is 543 g/mol. The third-order valence-electron chi connectivity index (χ3n) is 6.30. The van der Waals surface area contributed by atoms with Crippen LogP contribution in [0.15, 0.2) is 48.8 Å². The molecule has 39 heavy (non-hydrogen) atoms. The quantitative estimate of drug-likeness (QED) is 0.208. The van der Waals surface area contributed by atoms with Gasteiger partial charge in [0.1, 0.15) is 17.2 Å². The first-order chi connectivity index (χ1) is 18.5. The normalized spacial score (nSPS) is 16.0. The summed E-state index contributed by atoms with van der Waals surface area (Å²) in [6.07, 6.45) is 3.60. The van der Waals surface area contributed by atoms with E-state index in [4.69, 9.17) is 14.6 Å². The van der Waals surface area contributed by atoms with Crippen molar-refractivity contribution < 1.29 is 31.8 Å². The van der Waals surface area contributed by atoms with E-state index in [1.807, 2.05) is 0 Å². The number of halogens is 4. The lowest BCUT2D eigenvalue weighted by Gasteiger charge is -2.33. The Labute approximate surface area is 222 Å². The fourth-order valence-corrected chi connectivity index (χ4v) is 4.61. The van der Waals surface area contributed by atoms with Gasteiger partial charge in [0.2, 0.25) is 5.82 Å². The molecule has 7 nitrogen and oxygen atoms in total. The minimum Gasteiger partial charge on any atom is -0.454 e. The van der Waals surface area contributed by atoms with Crippen LogP contribution in [0.3, 0.4) is 0 Å². The lowest BCUT2D eigenvalue weighted by atomic mass is 9.93. The second-order valence-electron chi connectivity index (χ2n) is 10.4. The molecule has 0 aliphatic carbocycles. The van der Waals surface area contributed by atoms with Gasteiger partial charge in [-0.05, 0) is 57.9 Å². The van der Waals surface area contributed by atoms with Crippen molar-refractivity contribution in [1.29, 1.82) is 0 Å². The fraction of sp³-hybridized carbons (Fsp3) is 0.321. The molecule has 0 radical (unpaired) electrons. The predicted molar refractivity (Wildman–Crippen MR) is 135 cm³/mol. The summed E-state index contributed by atoms with van der Waals surface area (Å²) in [5, 5.41) is 5.03. The van der Waals surface area contributed by atoms with Gasteiger partial charge in [-0.25, -0.2) is 22.6 Å². The number of benzene rings is 2. The van der Waals surface area contributed by atoms with Crippen LogP contribution in [0, 0.1) is 23.3 Å². The van der Waals surface area contributed by atoms with Gasteiger partial charge in [0.25, 0.3) is 0 Å². The maximum atomic E-state index is 15.1. The molecule has 0 spiro atoms. The van der Waals surface area contributed by atoms with Crippen LogP contribution in [0.4, 0.5) is 22.4 Å². The number of carbonyl (C=O) groups excluding carboxylic acids is 1. The number of amides is 1. The first-order valence-electron chi connectivity index (χ1n) is 12.4. The zero-order valence-electron chi connectivity index (χ0n) is 21.6. The number of nitrogens with zero attached hydrogens (tertiary/aromatic N) is 4. The van der Waals surface area contributed by atoms with Crippen molar-refractivity contribution in [2.24, 2.45) is 0 Å². The third kappa shape index (κ3) is 5.52. The second kappa shape index (κ2) is 10.2. The maximum Gasteiger partial charge on any atom is 0.410 e. The van der Waals surface area contributed by atoms with Crippen molar-refractivity contribution in [3.8, 4) is 17.2 Å². The summed E-state index contributed by atoms with van der Waals surface area (Å²) in [7, 11) is 0. The van der Waals surface area contributed by atoms with Gasteiger partial charge in [0.05, 0.1) is 34.7 Å². The Balaban J connectivity index is 1.45. The molecule has 0 bridgehead atoms. The number of piperidine rings is 1. The highest BCUT2D eigenvalue weighted by Gasteiger charge is 2.32. The maximum absolute atomic E-state index is 15.1. The number of rotatable bonds is 4. The molecule has 1 fully saturated rings. The molecule has 5 rings (SSSR count). The molecule has 1 aliphatic heterocycles. The Morgan fingerprint density at radius 3 is 2.49 bits per heavy atom. The minimum absolute atomic E-state index is 0.129. The van der Waals surface area contributed by atoms with Crippen molar-refractivity contribution in [2.45, 2.75) is 45.1 Å². The Kier molecular flexibility index (Phi) is 6.92. The number of ether oxygens (including phenoxy) is 2. The molecule has 11 heteroatoms. The molecule has 204 valence electrons. The number of carbonyl (C=O) groups is 1. The Hall–Kier alpha value is -4.15. The number of pyridine rings is 1. The number of fused-ring (bicyclic) bond motifs is 1. The molecule has 1 atom stereocenters. The monoisotopic (exact) mass is 542 g/mol. The molecular weight excluding hydrogens is 516 g/mol. The van der Waals surface area contributed by atoms with Crippen LogP contribution in [0.25, 0.3) is 16.6 Å². The molecular formula is C28H26F4N4O3. The largest absolute Gasteiger partial charge is 0.454 e. The van der Waals surface area contributed by atoms with Crippen LogP contribution in [-0.4, -0.2) is 44.4 Å². The molecule has 0 N–H and O–H groups in total. The molecule has 1 aliphatic rings. The van der Waals surface area contributed by atoms with Gasteiger partial charge in [0.15, 0.2) is 17.4 Å². The van der Waals surface area contributed by atoms with Gasteiger partial charge >= 0.3 is 6.09 Å². The minimum atomic E-state index is -1.36. The summed E-state index contributed by atoms with van der Waals surface area (Å²) in [5.41, 5.74) is 0.805. The Bertz CT molecular complexity index is 1530. The number of likely N-dealkylation sites (tertiary alicyclic amines) is 1. The first kappa shape index (κ1) is 26.5. The van der Waals surface area contributed by atoms with Gasteiger partial charge < -0.3 is 14.4 Å². The summed E-state index contributed by atoms with van der Waals surface area (Å²) in [5.74, 6) is -4.88. The van der Waals surface area contributed by atoms with Crippen LogP contribution in [0.2, 0.25) is 0 Å². The summed E-state index contributed by atoms with van der Waals surface area (Å²) in [6, 6.07) is 7.32. The highest BCUT2D eigenvalue weighted by atomic mass is 19.2. The van der Waals surface area contributed by atoms with E-state index in [9.17, 15) is 18.0 Å². The van der Waals surface area contributed by atoms with E-state index in [0.717, 1.165) is 12.3 Å². The molecule has 3 heterocycles. The van der Waals surface area contributed by atoms with Gasteiger partial charge in [-0.2, -0.15) is 9.49 Å². The Morgan fingerprint density at radius 2 is 1.77 bits per heavy atom. The second-order valence-corrected chi connectivity index (χ2v) is 10.4. The molecule has 1 amide bonds. The summed E-state index contributed by atoms with van der Waals surface area (Å²) in [6.45, 7) is 6.25. The predicted octanol–water partition coefficient (Wildman–Crippen LogP) is 6.88. The van der Waals surface area contributed by atoms with E-state index in [0.29, 0.717) is 54.3 Å². The van der Waals surface area contributed by atoms with Crippen molar-refractivity contribution in [3.05, 3.63) is 77.8 Å².